The summed E-state index contributed by atoms with van der Waals surface area (Å²) in [6, 6.07) is 1.97. The average Bonchev–Trinajstić information content (AvgIpc) is 2.82. The summed E-state index contributed by atoms with van der Waals surface area (Å²) in [6.07, 6.45) is 3.43. The molecule has 3 aliphatic rings. The quantitative estimate of drug-likeness (QED) is 0.228. The number of fused-ring (bicyclic) bond motifs is 3. The minimum Gasteiger partial charge on any atom is -0.511 e. The third-order valence-electron chi connectivity index (χ3n) is 9.88. The number of aromatic hydroxyl groups is 1. The Bertz CT molecular complexity index is 1430. The van der Waals surface area contributed by atoms with E-state index in [-0.39, 0.29) is 53.2 Å². The van der Waals surface area contributed by atoms with Gasteiger partial charge in [0.25, 0.3) is 0 Å². The maximum atomic E-state index is 14.4. The number of carbonyl (C=O) groups is 3. The first-order valence-corrected chi connectivity index (χ1v) is 14.6. The molecule has 7 nitrogen and oxygen atoms in total. The summed E-state index contributed by atoms with van der Waals surface area (Å²) in [5.41, 5.74) is -3.38. The van der Waals surface area contributed by atoms with Gasteiger partial charge in [-0.25, -0.2) is 0 Å². The van der Waals surface area contributed by atoms with Crippen LogP contribution in [0.25, 0.3) is 0 Å². The molecule has 5 atom stereocenters. The number of hydrogen-bond acceptors (Lipinski definition) is 7. The van der Waals surface area contributed by atoms with E-state index in [4.69, 9.17) is 0 Å². The molecular weight excluding hydrogens is 520 g/mol. The van der Waals surface area contributed by atoms with E-state index in [1.54, 1.807) is 6.92 Å². The maximum absolute atomic E-state index is 14.4. The summed E-state index contributed by atoms with van der Waals surface area (Å²) in [4.78, 5) is 40.8. The van der Waals surface area contributed by atoms with Crippen molar-refractivity contribution in [2.24, 2.45) is 28.6 Å². The number of phenols is 1. The van der Waals surface area contributed by atoms with E-state index in [0.717, 1.165) is 18.9 Å². The van der Waals surface area contributed by atoms with Crippen molar-refractivity contribution in [3.05, 3.63) is 63.6 Å². The Morgan fingerprint density at radius 3 is 2.24 bits per heavy atom. The monoisotopic (exact) mass is 564 g/mol. The second kappa shape index (κ2) is 9.97. The van der Waals surface area contributed by atoms with E-state index in [1.165, 1.54) is 0 Å². The van der Waals surface area contributed by atoms with Crippen LogP contribution >= 0.6 is 0 Å². The van der Waals surface area contributed by atoms with Crippen LogP contribution in [0.3, 0.4) is 0 Å². The molecule has 0 amide bonds. The van der Waals surface area contributed by atoms with Gasteiger partial charge >= 0.3 is 0 Å². The number of rotatable bonds is 7. The number of hydrogen-bond donors (Lipinski definition) is 4. The van der Waals surface area contributed by atoms with Crippen molar-refractivity contribution in [1.29, 1.82) is 0 Å². The van der Waals surface area contributed by atoms with Gasteiger partial charge in [0.1, 0.15) is 22.8 Å². The van der Waals surface area contributed by atoms with Crippen LogP contribution in [0.2, 0.25) is 0 Å². The molecule has 0 aromatic heterocycles. The molecule has 0 bridgehead atoms. The number of Topliss-reactive ketones (excluding diaryl/α,β-unsaturated/α-hetero) is 3. The number of allylic oxidation sites excluding steroid dienone is 3. The highest BCUT2D eigenvalue weighted by molar-refractivity contribution is 6.25. The lowest BCUT2D eigenvalue weighted by Gasteiger charge is -2.59. The molecule has 0 saturated heterocycles. The zero-order chi connectivity index (χ0) is 31.0. The van der Waals surface area contributed by atoms with E-state index in [9.17, 15) is 34.8 Å². The molecule has 4 rings (SSSR count). The molecule has 4 N–H and O–H groups in total. The Morgan fingerprint density at radius 2 is 1.73 bits per heavy atom. The summed E-state index contributed by atoms with van der Waals surface area (Å²) in [7, 11) is 0. The SMILES string of the molecule is C=CCC(C)Cc1cc(C(C)C)c2c(c1O)C(=O)C1=C(O)[C@@]3(O)C(=O)C(C(C)=O)=C(O)C(C(C)C)[C@@]3(C)C[C@@]1(C)C2. The van der Waals surface area contributed by atoms with Crippen molar-refractivity contribution in [2.45, 2.75) is 92.6 Å². The highest BCUT2D eigenvalue weighted by Gasteiger charge is 2.71. The van der Waals surface area contributed by atoms with Crippen LogP contribution in [0.1, 0.15) is 101 Å². The van der Waals surface area contributed by atoms with Crippen LogP contribution in [0.15, 0.2) is 41.4 Å². The number of phenolic OH excluding ortho intramolecular Hbond substituents is 1. The Hall–Kier alpha value is -3.19. The zero-order valence-corrected chi connectivity index (χ0v) is 25.5. The summed E-state index contributed by atoms with van der Waals surface area (Å²) < 4.78 is 0. The van der Waals surface area contributed by atoms with Crippen molar-refractivity contribution < 1.29 is 34.8 Å². The largest absolute Gasteiger partial charge is 0.511 e. The normalized spacial score (nSPS) is 30.4. The number of aliphatic hydroxyl groups excluding tert-OH is 2. The first-order chi connectivity index (χ1) is 18.9. The van der Waals surface area contributed by atoms with Gasteiger partial charge < -0.3 is 20.4 Å². The Balaban J connectivity index is 2.04. The van der Waals surface area contributed by atoms with Crippen LogP contribution in [0.4, 0.5) is 0 Å². The molecule has 0 heterocycles. The van der Waals surface area contributed by atoms with E-state index in [1.807, 2.05) is 53.7 Å². The molecule has 0 spiro atoms. The van der Waals surface area contributed by atoms with E-state index in [0.29, 0.717) is 17.5 Å². The van der Waals surface area contributed by atoms with Gasteiger partial charge in [0.15, 0.2) is 17.2 Å². The first kappa shape index (κ1) is 30.8. The molecule has 0 radical (unpaired) electrons. The fourth-order valence-corrected chi connectivity index (χ4v) is 8.30. The minimum atomic E-state index is -2.61. The average molecular weight is 565 g/mol. The van der Waals surface area contributed by atoms with Crippen molar-refractivity contribution in [1.82, 2.24) is 0 Å². The maximum Gasteiger partial charge on any atom is 0.209 e. The minimum absolute atomic E-state index is 0.0363. The third-order valence-corrected chi connectivity index (χ3v) is 9.88. The van der Waals surface area contributed by atoms with Gasteiger partial charge in [-0.1, -0.05) is 60.6 Å². The van der Waals surface area contributed by atoms with E-state index >= 15 is 0 Å². The molecule has 0 saturated carbocycles. The Labute approximate surface area is 242 Å². The van der Waals surface area contributed by atoms with Crippen molar-refractivity contribution in [3.63, 3.8) is 0 Å². The van der Waals surface area contributed by atoms with Crippen molar-refractivity contribution in [3.8, 4) is 5.75 Å². The molecule has 2 unspecified atom stereocenters. The fourth-order valence-electron chi connectivity index (χ4n) is 8.30. The number of benzene rings is 1. The second-order valence-electron chi connectivity index (χ2n) is 13.8. The molecule has 1 aromatic rings. The van der Waals surface area contributed by atoms with Crippen LogP contribution < -0.4 is 0 Å². The Morgan fingerprint density at radius 1 is 1.12 bits per heavy atom. The second-order valence-corrected chi connectivity index (χ2v) is 13.8. The summed E-state index contributed by atoms with van der Waals surface area (Å²) in [5.74, 6) is -4.73. The van der Waals surface area contributed by atoms with Crippen molar-refractivity contribution >= 4 is 17.3 Å². The van der Waals surface area contributed by atoms with Gasteiger partial charge in [-0.2, -0.15) is 0 Å². The fraction of sp³-hybridized carbons (Fsp3) is 0.559. The third kappa shape index (κ3) is 4.14. The number of carbonyl (C=O) groups excluding carboxylic acids is 3. The smallest absolute Gasteiger partial charge is 0.209 e. The highest BCUT2D eigenvalue weighted by atomic mass is 16.3. The predicted molar refractivity (Wildman–Crippen MR) is 157 cm³/mol. The molecule has 222 valence electrons. The molecule has 3 aliphatic carbocycles. The van der Waals surface area contributed by atoms with Gasteiger partial charge in [0.05, 0.1) is 5.56 Å². The van der Waals surface area contributed by atoms with Gasteiger partial charge in [0, 0.05) is 22.3 Å². The molecule has 7 heteroatoms. The van der Waals surface area contributed by atoms with Crippen LogP contribution in [0, 0.1) is 28.6 Å². The summed E-state index contributed by atoms with van der Waals surface area (Å²) in [6.45, 7) is 18.1. The van der Waals surface area contributed by atoms with Gasteiger partial charge in [-0.15, -0.1) is 6.58 Å². The predicted octanol–water partition coefficient (Wildman–Crippen LogP) is 6.22. The van der Waals surface area contributed by atoms with Crippen molar-refractivity contribution in [2.75, 3.05) is 0 Å². The van der Waals surface area contributed by atoms with Crippen LogP contribution in [-0.2, 0) is 22.4 Å². The Kier molecular flexibility index (Phi) is 7.48. The standard InChI is InChI=1S/C34H44O7/c1-10-11-18(6)12-20-13-21(16(2)3)22-14-32(8)15-33(9)25(17(4)5)28(37)23(19(7)35)30(39)34(33,41)31(40)26(32)29(38)24(22)27(20)36/h10,13,16-18,25,36-37,40-41H,1,11-12,14-15H2,2-9H3/t18?,25?,32-,33-,34+/m1/s1. The lowest BCUT2D eigenvalue weighted by Crippen LogP contribution is -2.67. The number of ketones is 3. The molecule has 0 fully saturated rings. The van der Waals surface area contributed by atoms with Crippen LogP contribution in [-0.4, -0.2) is 43.4 Å². The summed E-state index contributed by atoms with van der Waals surface area (Å²) >= 11 is 0. The molecule has 41 heavy (non-hydrogen) atoms. The topological polar surface area (TPSA) is 132 Å². The summed E-state index contributed by atoms with van der Waals surface area (Å²) in [5, 5.41) is 46.8. The first-order valence-electron chi connectivity index (χ1n) is 14.6. The van der Waals surface area contributed by atoms with Crippen LogP contribution in [0.5, 0.6) is 5.75 Å². The molecular formula is C34H44O7. The highest BCUT2D eigenvalue weighted by Crippen LogP contribution is 2.65. The molecule has 0 aliphatic heterocycles. The zero-order valence-electron chi connectivity index (χ0n) is 25.5. The lowest BCUT2D eigenvalue weighted by molar-refractivity contribution is -0.171. The van der Waals surface area contributed by atoms with E-state index < -0.39 is 51.0 Å². The van der Waals surface area contributed by atoms with Gasteiger partial charge in [0.2, 0.25) is 5.78 Å². The van der Waals surface area contributed by atoms with Gasteiger partial charge in [-0.05, 0) is 67.1 Å². The lowest BCUT2D eigenvalue weighted by atomic mass is 9.44. The number of aliphatic hydroxyl groups is 3. The van der Waals surface area contributed by atoms with Gasteiger partial charge in [-0.3, -0.25) is 14.4 Å². The molecule has 1 aromatic carbocycles. The van der Waals surface area contributed by atoms with E-state index in [2.05, 4.69) is 6.58 Å².